The van der Waals surface area contributed by atoms with Crippen LogP contribution in [0, 0.1) is 5.92 Å². The average molecular weight is 271 g/mol. The molecule has 0 aromatic heterocycles. The quantitative estimate of drug-likeness (QED) is 0.466. The molecule has 0 radical (unpaired) electrons. The van der Waals surface area contributed by atoms with E-state index in [-0.39, 0.29) is 0 Å². The Morgan fingerprint density at radius 3 is 2.55 bits per heavy atom. The van der Waals surface area contributed by atoms with E-state index in [4.69, 9.17) is 0 Å². The molecule has 1 aliphatic rings. The maximum Gasteiger partial charge on any atom is 0.0468 e. The summed E-state index contributed by atoms with van der Waals surface area (Å²) in [4.78, 5) is 0. The van der Waals surface area contributed by atoms with Gasteiger partial charge in [-0.15, -0.1) is 0 Å². The summed E-state index contributed by atoms with van der Waals surface area (Å²) in [5.41, 5.74) is 2.45. The highest BCUT2D eigenvalue weighted by atomic mass is 14.9. The zero-order chi connectivity index (χ0) is 14.2. The second-order valence-corrected chi connectivity index (χ2v) is 6.34. The molecule has 110 valence electrons. The molecular weight excluding hydrogens is 242 g/mol. The standard InChI is InChI=1S/C19H29N/c1-16(2)19(20-18-13-4-3-5-14-18)15-9-8-12-17-10-6-7-11-17/h3-5,13-14,17,19-20H,1,6-12,15H2,2H3/t19-/m0/s1. The van der Waals surface area contributed by atoms with Crippen LogP contribution in [0.15, 0.2) is 42.5 Å². The van der Waals surface area contributed by atoms with E-state index in [1.165, 1.54) is 62.6 Å². The Balaban J connectivity index is 1.70. The van der Waals surface area contributed by atoms with Crippen LogP contribution in [0.1, 0.15) is 58.3 Å². The van der Waals surface area contributed by atoms with Crippen molar-refractivity contribution in [2.24, 2.45) is 5.92 Å². The molecule has 20 heavy (non-hydrogen) atoms. The Bertz CT molecular complexity index is 389. The van der Waals surface area contributed by atoms with Crippen molar-refractivity contribution in [1.29, 1.82) is 0 Å². The molecule has 1 nitrogen and oxygen atoms in total. The van der Waals surface area contributed by atoms with Gasteiger partial charge in [-0.2, -0.15) is 0 Å². The van der Waals surface area contributed by atoms with Crippen LogP contribution >= 0.6 is 0 Å². The van der Waals surface area contributed by atoms with Gasteiger partial charge in [0.25, 0.3) is 0 Å². The highest BCUT2D eigenvalue weighted by Gasteiger charge is 2.15. The number of hydrogen-bond donors (Lipinski definition) is 1. The van der Waals surface area contributed by atoms with Crippen LogP contribution in [-0.4, -0.2) is 6.04 Å². The summed E-state index contributed by atoms with van der Waals surface area (Å²) in [5.74, 6) is 1.03. The Morgan fingerprint density at radius 1 is 1.20 bits per heavy atom. The van der Waals surface area contributed by atoms with Crippen molar-refractivity contribution in [1.82, 2.24) is 0 Å². The van der Waals surface area contributed by atoms with Gasteiger partial charge in [0.05, 0.1) is 0 Å². The second-order valence-electron chi connectivity index (χ2n) is 6.34. The molecule has 1 atom stereocenters. The van der Waals surface area contributed by atoms with E-state index in [0.29, 0.717) is 6.04 Å². The van der Waals surface area contributed by atoms with Gasteiger partial charge in [-0.3, -0.25) is 0 Å². The van der Waals surface area contributed by atoms with Crippen molar-refractivity contribution in [3.63, 3.8) is 0 Å². The molecule has 1 aromatic carbocycles. The van der Waals surface area contributed by atoms with Gasteiger partial charge in [-0.05, 0) is 31.4 Å². The van der Waals surface area contributed by atoms with E-state index in [1.807, 2.05) is 0 Å². The van der Waals surface area contributed by atoms with Crippen LogP contribution in [0.4, 0.5) is 5.69 Å². The van der Waals surface area contributed by atoms with E-state index in [0.717, 1.165) is 5.92 Å². The molecule has 2 rings (SSSR count). The summed E-state index contributed by atoms with van der Waals surface area (Å²) in [5, 5.41) is 3.61. The lowest BCUT2D eigenvalue weighted by atomic mass is 9.97. The fourth-order valence-electron chi connectivity index (χ4n) is 3.26. The van der Waals surface area contributed by atoms with Crippen LogP contribution in [0.2, 0.25) is 0 Å². The Kier molecular flexibility index (Phi) is 6.17. The normalized spacial score (nSPS) is 17.1. The molecule has 1 aromatic rings. The maximum atomic E-state index is 4.15. The zero-order valence-corrected chi connectivity index (χ0v) is 12.9. The number of nitrogens with one attached hydrogen (secondary N) is 1. The number of unbranched alkanes of at least 4 members (excludes halogenated alkanes) is 1. The molecular formula is C19H29N. The van der Waals surface area contributed by atoms with Crippen LogP contribution in [0.5, 0.6) is 0 Å². The maximum absolute atomic E-state index is 4.15. The largest absolute Gasteiger partial charge is 0.379 e. The number of para-hydroxylation sites is 1. The summed E-state index contributed by atoms with van der Waals surface area (Å²) in [6.07, 6.45) is 11.2. The topological polar surface area (TPSA) is 12.0 Å². The van der Waals surface area contributed by atoms with Gasteiger partial charge >= 0.3 is 0 Å². The molecule has 1 fully saturated rings. The summed E-state index contributed by atoms with van der Waals surface area (Å²) >= 11 is 0. The lowest BCUT2D eigenvalue weighted by Crippen LogP contribution is -2.20. The smallest absolute Gasteiger partial charge is 0.0468 e. The molecule has 0 saturated heterocycles. The molecule has 1 aliphatic carbocycles. The van der Waals surface area contributed by atoms with Crippen molar-refractivity contribution < 1.29 is 0 Å². The van der Waals surface area contributed by atoms with Crippen molar-refractivity contribution in [2.75, 3.05) is 5.32 Å². The summed E-state index contributed by atoms with van der Waals surface area (Å²) in [6, 6.07) is 10.9. The highest BCUT2D eigenvalue weighted by Crippen LogP contribution is 2.29. The van der Waals surface area contributed by atoms with Gasteiger partial charge in [0.2, 0.25) is 0 Å². The van der Waals surface area contributed by atoms with Crippen molar-refractivity contribution in [3.05, 3.63) is 42.5 Å². The van der Waals surface area contributed by atoms with E-state index in [1.54, 1.807) is 0 Å². The van der Waals surface area contributed by atoms with Gasteiger partial charge in [0.15, 0.2) is 0 Å². The van der Waals surface area contributed by atoms with Crippen molar-refractivity contribution in [2.45, 2.75) is 64.3 Å². The molecule has 0 aliphatic heterocycles. The predicted octanol–water partition coefficient (Wildman–Crippen LogP) is 5.79. The fraction of sp³-hybridized carbons (Fsp3) is 0.579. The van der Waals surface area contributed by atoms with Gasteiger partial charge in [-0.1, -0.05) is 75.3 Å². The third kappa shape index (κ3) is 5.03. The van der Waals surface area contributed by atoms with Crippen molar-refractivity contribution in [3.8, 4) is 0 Å². The molecule has 1 N–H and O–H groups in total. The molecule has 1 heteroatoms. The first kappa shape index (κ1) is 15.2. The van der Waals surface area contributed by atoms with E-state index >= 15 is 0 Å². The molecule has 0 amide bonds. The Morgan fingerprint density at radius 2 is 1.90 bits per heavy atom. The minimum absolute atomic E-state index is 0.418. The lowest BCUT2D eigenvalue weighted by Gasteiger charge is -2.20. The summed E-state index contributed by atoms with van der Waals surface area (Å²) < 4.78 is 0. The second kappa shape index (κ2) is 8.14. The van der Waals surface area contributed by atoms with Crippen LogP contribution in [-0.2, 0) is 0 Å². The molecule has 0 bridgehead atoms. The number of rotatable bonds is 8. The average Bonchev–Trinajstić information content (AvgIpc) is 2.96. The third-order valence-corrected chi connectivity index (χ3v) is 4.54. The lowest BCUT2D eigenvalue weighted by molar-refractivity contribution is 0.464. The third-order valence-electron chi connectivity index (χ3n) is 4.54. The minimum Gasteiger partial charge on any atom is -0.379 e. The van der Waals surface area contributed by atoms with E-state index in [2.05, 4.69) is 49.2 Å². The van der Waals surface area contributed by atoms with Gasteiger partial charge < -0.3 is 5.32 Å². The first-order valence-corrected chi connectivity index (χ1v) is 8.22. The van der Waals surface area contributed by atoms with E-state index in [9.17, 15) is 0 Å². The number of benzene rings is 1. The van der Waals surface area contributed by atoms with Crippen LogP contribution in [0.25, 0.3) is 0 Å². The summed E-state index contributed by atoms with van der Waals surface area (Å²) in [7, 11) is 0. The van der Waals surface area contributed by atoms with Gasteiger partial charge in [0, 0.05) is 11.7 Å². The number of hydrogen-bond acceptors (Lipinski definition) is 1. The molecule has 0 unspecified atom stereocenters. The van der Waals surface area contributed by atoms with Gasteiger partial charge in [-0.25, -0.2) is 0 Å². The first-order chi connectivity index (χ1) is 9.75. The highest BCUT2D eigenvalue weighted by molar-refractivity contribution is 5.45. The fourth-order valence-corrected chi connectivity index (χ4v) is 3.26. The number of anilines is 1. The molecule has 1 saturated carbocycles. The first-order valence-electron chi connectivity index (χ1n) is 8.22. The SMILES string of the molecule is C=C(C)[C@H](CCCCC1CCCC1)Nc1ccccc1. The predicted molar refractivity (Wildman–Crippen MR) is 89.1 cm³/mol. The minimum atomic E-state index is 0.418. The zero-order valence-electron chi connectivity index (χ0n) is 12.9. The monoisotopic (exact) mass is 271 g/mol. The Labute approximate surface area is 124 Å². The van der Waals surface area contributed by atoms with Gasteiger partial charge in [0.1, 0.15) is 0 Å². The van der Waals surface area contributed by atoms with E-state index < -0.39 is 0 Å². The Hall–Kier alpha value is -1.24. The molecule has 0 spiro atoms. The summed E-state index contributed by atoms with van der Waals surface area (Å²) in [6.45, 7) is 6.28. The van der Waals surface area contributed by atoms with Crippen molar-refractivity contribution >= 4 is 5.69 Å². The molecule has 0 heterocycles. The van der Waals surface area contributed by atoms with Crippen LogP contribution in [0.3, 0.4) is 0 Å². The van der Waals surface area contributed by atoms with Crippen LogP contribution < -0.4 is 5.32 Å².